The lowest BCUT2D eigenvalue weighted by Crippen LogP contribution is -2.11. The molecule has 18 heavy (non-hydrogen) atoms. The van der Waals surface area contributed by atoms with E-state index in [4.69, 9.17) is 16.3 Å². The molecule has 0 aromatic heterocycles. The molecule has 0 bridgehead atoms. The molecule has 0 unspecified atom stereocenters. The van der Waals surface area contributed by atoms with Crippen LogP contribution in [0.1, 0.15) is 5.56 Å². The van der Waals surface area contributed by atoms with Crippen molar-refractivity contribution in [3.05, 3.63) is 28.8 Å². The maximum absolute atomic E-state index is 11.9. The van der Waals surface area contributed by atoms with E-state index in [9.17, 15) is 13.2 Å². The molecule has 7 heteroatoms. The number of nitrogens with one attached hydrogen (secondary N) is 1. The molecule has 0 radical (unpaired) electrons. The van der Waals surface area contributed by atoms with Crippen LogP contribution in [0.5, 0.6) is 5.75 Å². The van der Waals surface area contributed by atoms with Gasteiger partial charge in [-0.05, 0) is 30.9 Å². The second kappa shape index (κ2) is 7.11. The molecule has 1 aromatic carbocycles. The minimum atomic E-state index is -4.22. The fourth-order valence-corrected chi connectivity index (χ4v) is 1.96. The average molecular weight is 300 g/mol. The first-order valence-corrected chi connectivity index (χ1v) is 6.56. The van der Waals surface area contributed by atoms with Gasteiger partial charge in [0.15, 0.2) is 0 Å². The van der Waals surface area contributed by atoms with Crippen LogP contribution < -0.4 is 10.1 Å². The standard InChI is InChI=1S/C11H13ClF3NOS/c1-16-7-8-9(12)3-2-4-10(8)17-5-6-18-11(13,14)15/h2-4,16H,5-7H2,1H3. The Kier molecular flexibility index (Phi) is 6.11. The zero-order valence-corrected chi connectivity index (χ0v) is 11.3. The minimum absolute atomic E-state index is 0.0127. The third-order valence-electron chi connectivity index (χ3n) is 2.04. The third kappa shape index (κ3) is 5.37. The van der Waals surface area contributed by atoms with Gasteiger partial charge in [-0.15, -0.1) is 0 Å². The number of alkyl halides is 3. The van der Waals surface area contributed by atoms with Crippen molar-refractivity contribution in [3.8, 4) is 5.75 Å². The van der Waals surface area contributed by atoms with Crippen molar-refractivity contribution in [1.82, 2.24) is 5.32 Å². The Morgan fingerprint density at radius 3 is 2.72 bits per heavy atom. The largest absolute Gasteiger partial charge is 0.492 e. The SMILES string of the molecule is CNCc1c(Cl)cccc1OCCSC(F)(F)F. The number of halogens is 4. The molecule has 2 nitrogen and oxygen atoms in total. The van der Waals surface area contributed by atoms with Gasteiger partial charge >= 0.3 is 5.51 Å². The Bertz CT molecular complexity index is 387. The average Bonchev–Trinajstić information content (AvgIpc) is 2.27. The van der Waals surface area contributed by atoms with Gasteiger partial charge in [0.25, 0.3) is 0 Å². The molecule has 0 spiro atoms. The van der Waals surface area contributed by atoms with E-state index in [1.807, 2.05) is 0 Å². The molecule has 102 valence electrons. The van der Waals surface area contributed by atoms with Crippen LogP contribution in [-0.4, -0.2) is 24.9 Å². The number of rotatable bonds is 6. The van der Waals surface area contributed by atoms with Crippen molar-refractivity contribution in [2.24, 2.45) is 0 Å². The van der Waals surface area contributed by atoms with Gasteiger partial charge in [0.05, 0.1) is 6.61 Å². The van der Waals surface area contributed by atoms with E-state index in [0.717, 1.165) is 5.56 Å². The van der Waals surface area contributed by atoms with Crippen LogP contribution in [0.3, 0.4) is 0 Å². The molecule has 0 heterocycles. The van der Waals surface area contributed by atoms with Gasteiger partial charge in [-0.3, -0.25) is 0 Å². The highest BCUT2D eigenvalue weighted by molar-refractivity contribution is 8.00. The fourth-order valence-electron chi connectivity index (χ4n) is 1.33. The van der Waals surface area contributed by atoms with E-state index in [1.54, 1.807) is 25.2 Å². The molecule has 0 amide bonds. The Morgan fingerprint density at radius 2 is 2.11 bits per heavy atom. The van der Waals surface area contributed by atoms with E-state index < -0.39 is 5.51 Å². The van der Waals surface area contributed by atoms with Crippen molar-refractivity contribution in [3.63, 3.8) is 0 Å². The highest BCUT2D eigenvalue weighted by Gasteiger charge is 2.27. The fraction of sp³-hybridized carbons (Fsp3) is 0.455. The maximum Gasteiger partial charge on any atom is 0.441 e. The van der Waals surface area contributed by atoms with Crippen LogP contribution in [0.15, 0.2) is 18.2 Å². The highest BCUT2D eigenvalue weighted by Crippen LogP contribution is 2.30. The molecule has 1 N–H and O–H groups in total. The predicted molar refractivity (Wildman–Crippen MR) is 68.2 cm³/mol. The molecule has 1 rings (SSSR count). The number of ether oxygens (including phenoxy) is 1. The van der Waals surface area contributed by atoms with Gasteiger partial charge in [-0.1, -0.05) is 17.7 Å². The van der Waals surface area contributed by atoms with Gasteiger partial charge in [0.1, 0.15) is 5.75 Å². The van der Waals surface area contributed by atoms with Gasteiger partial charge in [0, 0.05) is 22.9 Å². The molecule has 0 fully saturated rings. The summed E-state index contributed by atoms with van der Waals surface area (Å²) in [7, 11) is 1.76. The normalized spacial score (nSPS) is 11.6. The first-order chi connectivity index (χ1) is 8.44. The zero-order valence-electron chi connectivity index (χ0n) is 9.68. The number of hydrogen-bond acceptors (Lipinski definition) is 3. The van der Waals surface area contributed by atoms with Crippen LogP contribution in [0.4, 0.5) is 13.2 Å². The van der Waals surface area contributed by atoms with E-state index in [-0.39, 0.29) is 24.1 Å². The lowest BCUT2D eigenvalue weighted by atomic mass is 10.2. The van der Waals surface area contributed by atoms with Gasteiger partial charge in [-0.2, -0.15) is 13.2 Å². The summed E-state index contributed by atoms with van der Waals surface area (Å²) in [6.07, 6.45) is 0. The summed E-state index contributed by atoms with van der Waals surface area (Å²) in [6.45, 7) is 0.489. The summed E-state index contributed by atoms with van der Waals surface area (Å²) in [4.78, 5) is 0. The summed E-state index contributed by atoms with van der Waals surface area (Å²) in [5, 5.41) is 3.46. The van der Waals surface area contributed by atoms with Gasteiger partial charge in [-0.25, -0.2) is 0 Å². The number of benzene rings is 1. The number of thioether (sulfide) groups is 1. The second-order valence-corrected chi connectivity index (χ2v) is 4.96. The van der Waals surface area contributed by atoms with Crippen LogP contribution in [-0.2, 0) is 6.54 Å². The Hall–Kier alpha value is -0.590. The molecule has 0 atom stereocenters. The molecule has 0 saturated heterocycles. The molecule has 0 saturated carbocycles. The lowest BCUT2D eigenvalue weighted by Gasteiger charge is -2.13. The van der Waals surface area contributed by atoms with Crippen LogP contribution >= 0.6 is 23.4 Å². The topological polar surface area (TPSA) is 21.3 Å². The molecule has 0 aliphatic carbocycles. The zero-order chi connectivity index (χ0) is 13.6. The Labute approximate surface area is 113 Å². The van der Waals surface area contributed by atoms with Crippen molar-refractivity contribution in [1.29, 1.82) is 0 Å². The first-order valence-electron chi connectivity index (χ1n) is 5.19. The quantitative estimate of drug-likeness (QED) is 0.810. The smallest absolute Gasteiger partial charge is 0.441 e. The van der Waals surface area contributed by atoms with E-state index >= 15 is 0 Å². The monoisotopic (exact) mass is 299 g/mol. The van der Waals surface area contributed by atoms with Crippen molar-refractivity contribution in [2.45, 2.75) is 12.1 Å². The van der Waals surface area contributed by atoms with E-state index in [0.29, 0.717) is 17.3 Å². The predicted octanol–water partition coefficient (Wildman–Crippen LogP) is 3.69. The second-order valence-electron chi connectivity index (χ2n) is 3.39. The first kappa shape index (κ1) is 15.5. The summed E-state index contributed by atoms with van der Waals surface area (Å²) in [5.41, 5.74) is -3.47. The Morgan fingerprint density at radius 1 is 1.39 bits per heavy atom. The minimum Gasteiger partial charge on any atom is -0.492 e. The summed E-state index contributed by atoms with van der Waals surface area (Å²) in [6, 6.07) is 5.11. The summed E-state index contributed by atoms with van der Waals surface area (Å²) >= 11 is 5.89. The lowest BCUT2D eigenvalue weighted by molar-refractivity contribution is -0.0329. The molecule has 1 aromatic rings. The molecular formula is C11H13ClF3NOS. The number of hydrogen-bond donors (Lipinski definition) is 1. The molecular weight excluding hydrogens is 287 g/mol. The third-order valence-corrected chi connectivity index (χ3v) is 3.09. The van der Waals surface area contributed by atoms with Crippen molar-refractivity contribution in [2.75, 3.05) is 19.4 Å². The summed E-state index contributed by atoms with van der Waals surface area (Å²) < 4.78 is 41.1. The van der Waals surface area contributed by atoms with E-state index in [1.165, 1.54) is 0 Å². The van der Waals surface area contributed by atoms with Crippen LogP contribution in [0.25, 0.3) is 0 Å². The maximum atomic E-state index is 11.9. The van der Waals surface area contributed by atoms with Gasteiger partial charge in [0.2, 0.25) is 0 Å². The highest BCUT2D eigenvalue weighted by atomic mass is 35.5. The van der Waals surface area contributed by atoms with Crippen LogP contribution in [0.2, 0.25) is 5.02 Å². The molecule has 0 aliphatic heterocycles. The van der Waals surface area contributed by atoms with Crippen molar-refractivity contribution < 1.29 is 17.9 Å². The Balaban J connectivity index is 2.54. The van der Waals surface area contributed by atoms with Gasteiger partial charge < -0.3 is 10.1 Å². The van der Waals surface area contributed by atoms with Crippen LogP contribution in [0, 0.1) is 0 Å². The van der Waals surface area contributed by atoms with Crippen molar-refractivity contribution >= 4 is 23.4 Å². The summed E-state index contributed by atoms with van der Waals surface area (Å²) in [5.74, 6) is 0.370. The van der Waals surface area contributed by atoms with E-state index in [2.05, 4.69) is 5.32 Å². The molecule has 0 aliphatic rings.